The molecule has 22 heavy (non-hydrogen) atoms. The molecule has 3 nitrogen and oxygen atoms in total. The van der Waals surface area contributed by atoms with Gasteiger partial charge in [0.25, 0.3) is 0 Å². The van der Waals surface area contributed by atoms with Crippen LogP contribution in [0.5, 0.6) is 0 Å². The minimum absolute atomic E-state index is 0.246. The maximum Gasteiger partial charge on any atom is 0.338 e. The van der Waals surface area contributed by atoms with Gasteiger partial charge in [-0.25, -0.2) is 13.6 Å². The molecule has 0 aliphatic carbocycles. The molecule has 5 heteroatoms. The van der Waals surface area contributed by atoms with Crippen molar-refractivity contribution in [1.29, 1.82) is 0 Å². The second-order valence-corrected chi connectivity index (χ2v) is 5.23. The van der Waals surface area contributed by atoms with Crippen molar-refractivity contribution in [3.63, 3.8) is 0 Å². The predicted octanol–water partition coefficient (Wildman–Crippen LogP) is 3.77. The van der Waals surface area contributed by atoms with Gasteiger partial charge in [0.1, 0.15) is 0 Å². The summed E-state index contributed by atoms with van der Waals surface area (Å²) in [4.78, 5) is 12.0. The molecule has 0 fully saturated rings. The minimum Gasteiger partial charge on any atom is -0.479 e. The Kier molecular flexibility index (Phi) is 3.20. The van der Waals surface area contributed by atoms with E-state index in [-0.39, 0.29) is 5.69 Å². The van der Waals surface area contributed by atoms with Crippen molar-refractivity contribution in [3.8, 4) is 0 Å². The van der Waals surface area contributed by atoms with E-state index < -0.39 is 23.1 Å². The molecular weight excluding hydrogens is 288 g/mol. The molecule has 1 aliphatic rings. The van der Waals surface area contributed by atoms with Crippen molar-refractivity contribution >= 4 is 17.7 Å². The lowest BCUT2D eigenvalue weighted by atomic mass is 9.79. The van der Waals surface area contributed by atoms with Crippen LogP contribution in [-0.4, -0.2) is 11.1 Å². The molecule has 0 spiro atoms. The summed E-state index contributed by atoms with van der Waals surface area (Å²) in [5.41, 5.74) is 0.176. The van der Waals surface area contributed by atoms with Gasteiger partial charge in [-0.05, 0) is 24.1 Å². The molecule has 2 aromatic rings. The second kappa shape index (κ2) is 4.94. The maximum atomic E-state index is 13.5. The van der Waals surface area contributed by atoms with Gasteiger partial charge in [-0.2, -0.15) is 0 Å². The molecule has 1 heterocycles. The highest BCUT2D eigenvalue weighted by atomic mass is 19.2. The smallest absolute Gasteiger partial charge is 0.338 e. The first-order valence-corrected chi connectivity index (χ1v) is 6.70. The quantitative estimate of drug-likeness (QED) is 0.887. The van der Waals surface area contributed by atoms with Gasteiger partial charge in [0, 0.05) is 17.3 Å². The van der Waals surface area contributed by atoms with Gasteiger partial charge in [0.15, 0.2) is 17.2 Å². The molecule has 0 bridgehead atoms. The Morgan fingerprint density at radius 3 is 2.41 bits per heavy atom. The highest BCUT2D eigenvalue weighted by molar-refractivity contribution is 5.94. The number of carboxylic acids is 1. The standard InChI is InChI=1S/C17H13F2NO2/c1-10-7-11-8-13(18)14(19)9-15(11)20-17(10,16(21)22)12-5-3-2-4-6-12/h2-9,20H,1H3,(H,21,22). The zero-order valence-electron chi connectivity index (χ0n) is 11.7. The number of carbonyl (C=O) groups is 1. The summed E-state index contributed by atoms with van der Waals surface area (Å²) in [5, 5.41) is 12.7. The summed E-state index contributed by atoms with van der Waals surface area (Å²) in [6.45, 7) is 1.65. The maximum absolute atomic E-state index is 13.5. The average molecular weight is 301 g/mol. The predicted molar refractivity (Wildman–Crippen MR) is 79.4 cm³/mol. The average Bonchev–Trinajstić information content (AvgIpc) is 2.49. The van der Waals surface area contributed by atoms with Crippen LogP contribution in [0.15, 0.2) is 48.0 Å². The van der Waals surface area contributed by atoms with Crippen molar-refractivity contribution in [2.75, 3.05) is 5.32 Å². The van der Waals surface area contributed by atoms with Crippen LogP contribution >= 0.6 is 0 Å². The first-order chi connectivity index (χ1) is 10.4. The Hall–Kier alpha value is -2.69. The molecule has 1 atom stereocenters. The summed E-state index contributed by atoms with van der Waals surface area (Å²) in [5.74, 6) is -3.10. The Bertz CT molecular complexity index is 787. The molecule has 2 N–H and O–H groups in total. The highest BCUT2D eigenvalue weighted by Crippen LogP contribution is 2.41. The van der Waals surface area contributed by atoms with E-state index in [2.05, 4.69) is 5.32 Å². The number of rotatable bonds is 2. The highest BCUT2D eigenvalue weighted by Gasteiger charge is 2.44. The summed E-state index contributed by atoms with van der Waals surface area (Å²) < 4.78 is 26.8. The van der Waals surface area contributed by atoms with Crippen molar-refractivity contribution in [2.24, 2.45) is 0 Å². The van der Waals surface area contributed by atoms with Crippen LogP contribution in [0.25, 0.3) is 6.08 Å². The van der Waals surface area contributed by atoms with Gasteiger partial charge in [0.2, 0.25) is 0 Å². The van der Waals surface area contributed by atoms with Gasteiger partial charge in [0.05, 0.1) is 0 Å². The van der Waals surface area contributed by atoms with Crippen molar-refractivity contribution in [2.45, 2.75) is 12.5 Å². The van der Waals surface area contributed by atoms with Crippen LogP contribution in [0.4, 0.5) is 14.5 Å². The lowest BCUT2D eigenvalue weighted by Gasteiger charge is -2.36. The normalized spacial score (nSPS) is 19.9. The largest absolute Gasteiger partial charge is 0.479 e. The lowest BCUT2D eigenvalue weighted by Crippen LogP contribution is -2.46. The van der Waals surface area contributed by atoms with Crippen LogP contribution < -0.4 is 5.32 Å². The van der Waals surface area contributed by atoms with Gasteiger partial charge < -0.3 is 10.4 Å². The molecule has 1 aliphatic heterocycles. The van der Waals surface area contributed by atoms with Gasteiger partial charge in [-0.1, -0.05) is 36.4 Å². The monoisotopic (exact) mass is 301 g/mol. The van der Waals surface area contributed by atoms with E-state index >= 15 is 0 Å². The van der Waals surface area contributed by atoms with E-state index in [1.54, 1.807) is 43.3 Å². The molecule has 0 saturated heterocycles. The molecular formula is C17H13F2NO2. The van der Waals surface area contributed by atoms with E-state index in [1.807, 2.05) is 0 Å². The fourth-order valence-corrected chi connectivity index (χ4v) is 2.77. The SMILES string of the molecule is CC1=Cc2cc(F)c(F)cc2NC1(C(=O)O)c1ccccc1. The summed E-state index contributed by atoms with van der Waals surface area (Å²) in [6, 6.07) is 10.6. The summed E-state index contributed by atoms with van der Waals surface area (Å²) >= 11 is 0. The molecule has 1 unspecified atom stereocenters. The zero-order valence-corrected chi connectivity index (χ0v) is 11.7. The van der Waals surface area contributed by atoms with Crippen molar-refractivity contribution < 1.29 is 18.7 Å². The van der Waals surface area contributed by atoms with Gasteiger partial charge in [-0.15, -0.1) is 0 Å². The third kappa shape index (κ3) is 1.97. The van der Waals surface area contributed by atoms with Crippen LogP contribution in [0.1, 0.15) is 18.1 Å². The van der Waals surface area contributed by atoms with E-state index in [9.17, 15) is 18.7 Å². The van der Waals surface area contributed by atoms with Crippen LogP contribution in [0, 0.1) is 11.6 Å². The molecule has 0 radical (unpaired) electrons. The topological polar surface area (TPSA) is 49.3 Å². The van der Waals surface area contributed by atoms with Crippen LogP contribution in [-0.2, 0) is 10.3 Å². The van der Waals surface area contributed by atoms with E-state index in [0.29, 0.717) is 16.7 Å². The zero-order chi connectivity index (χ0) is 15.9. The fourth-order valence-electron chi connectivity index (χ4n) is 2.77. The first kappa shape index (κ1) is 14.3. The van der Waals surface area contributed by atoms with Crippen LogP contribution in [0.3, 0.4) is 0 Å². The Balaban J connectivity index is 2.23. The number of nitrogens with one attached hydrogen (secondary N) is 1. The number of fused-ring (bicyclic) bond motifs is 1. The van der Waals surface area contributed by atoms with Gasteiger partial charge in [-0.3, -0.25) is 0 Å². The molecule has 112 valence electrons. The van der Waals surface area contributed by atoms with Crippen molar-refractivity contribution in [3.05, 3.63) is 70.8 Å². The first-order valence-electron chi connectivity index (χ1n) is 6.70. The third-order valence-electron chi connectivity index (χ3n) is 3.91. The Morgan fingerprint density at radius 2 is 1.77 bits per heavy atom. The summed E-state index contributed by atoms with van der Waals surface area (Å²) in [7, 11) is 0. The molecule has 0 saturated carbocycles. The number of hydrogen-bond acceptors (Lipinski definition) is 2. The minimum atomic E-state index is -1.50. The Labute approximate surface area is 125 Å². The third-order valence-corrected chi connectivity index (χ3v) is 3.91. The number of benzene rings is 2. The summed E-state index contributed by atoms with van der Waals surface area (Å²) in [6.07, 6.45) is 1.56. The Morgan fingerprint density at radius 1 is 1.14 bits per heavy atom. The number of anilines is 1. The number of hydrogen-bond donors (Lipinski definition) is 2. The van der Waals surface area contributed by atoms with Crippen molar-refractivity contribution in [1.82, 2.24) is 0 Å². The second-order valence-electron chi connectivity index (χ2n) is 5.23. The molecule has 0 aromatic heterocycles. The number of aliphatic carboxylic acids is 1. The van der Waals surface area contributed by atoms with E-state index in [4.69, 9.17) is 0 Å². The fraction of sp³-hybridized carbons (Fsp3) is 0.118. The van der Waals surface area contributed by atoms with Crippen LogP contribution in [0.2, 0.25) is 0 Å². The van der Waals surface area contributed by atoms with E-state index in [0.717, 1.165) is 12.1 Å². The van der Waals surface area contributed by atoms with E-state index in [1.165, 1.54) is 0 Å². The molecule has 3 rings (SSSR count). The number of halogens is 2. The number of carboxylic acid groups (broad SMARTS) is 1. The lowest BCUT2D eigenvalue weighted by molar-refractivity contribution is -0.141. The molecule has 0 amide bonds. The van der Waals surface area contributed by atoms with Gasteiger partial charge >= 0.3 is 5.97 Å². The molecule has 2 aromatic carbocycles.